The molecule has 0 unspecified atom stereocenters. The predicted octanol–water partition coefficient (Wildman–Crippen LogP) is 7.51. The fraction of sp³-hybridized carbons (Fsp3) is 0. The van der Waals surface area contributed by atoms with Crippen LogP contribution >= 0.6 is 0 Å². The lowest BCUT2D eigenvalue weighted by atomic mass is 10.0. The summed E-state index contributed by atoms with van der Waals surface area (Å²) >= 11 is 0. The number of fused-ring (bicyclic) bond motifs is 5. The Morgan fingerprint density at radius 3 is 2.25 bits per heavy atom. The van der Waals surface area contributed by atoms with Gasteiger partial charge in [-0.15, -0.1) is 0 Å². The highest BCUT2D eigenvalue weighted by atomic mass is 16.6. The maximum atomic E-state index is 11.6. The highest BCUT2D eigenvalue weighted by Crippen LogP contribution is 2.39. The molecule has 0 fully saturated rings. The first-order valence-corrected chi connectivity index (χ1v) is 10.5. The molecule has 0 aliphatic rings. The number of hydrogen-bond donors (Lipinski definition) is 0. The van der Waals surface area contributed by atoms with Crippen molar-refractivity contribution in [3.8, 4) is 16.8 Å². The van der Waals surface area contributed by atoms with Crippen LogP contribution in [0.2, 0.25) is 0 Å². The van der Waals surface area contributed by atoms with E-state index in [-0.39, 0.29) is 10.6 Å². The quantitative estimate of drug-likeness (QED) is 0.222. The van der Waals surface area contributed by atoms with Crippen LogP contribution in [0.5, 0.6) is 0 Å². The molecule has 5 aromatic carbocycles. The van der Waals surface area contributed by atoms with E-state index in [4.69, 9.17) is 0 Å². The van der Waals surface area contributed by atoms with Crippen molar-refractivity contribution in [1.29, 1.82) is 0 Å². The molecule has 6 rings (SSSR count). The Bertz CT molecular complexity index is 1650. The molecule has 0 aliphatic carbocycles. The number of nitro benzene ring substituents is 1. The van der Waals surface area contributed by atoms with Crippen molar-refractivity contribution >= 4 is 38.3 Å². The van der Waals surface area contributed by atoms with E-state index in [1.807, 2.05) is 36.4 Å². The van der Waals surface area contributed by atoms with Gasteiger partial charge in [-0.25, -0.2) is 0 Å². The van der Waals surface area contributed by atoms with Crippen LogP contribution in [-0.2, 0) is 0 Å². The van der Waals surface area contributed by atoms with Crippen molar-refractivity contribution in [2.45, 2.75) is 0 Å². The highest BCUT2D eigenvalue weighted by molar-refractivity contribution is 6.19. The molecule has 0 atom stereocenters. The van der Waals surface area contributed by atoms with Gasteiger partial charge in [-0.3, -0.25) is 10.1 Å². The van der Waals surface area contributed by atoms with Crippen LogP contribution in [0.15, 0.2) is 109 Å². The zero-order chi connectivity index (χ0) is 21.7. The first-order valence-electron chi connectivity index (χ1n) is 10.5. The van der Waals surface area contributed by atoms with E-state index in [1.54, 1.807) is 12.1 Å². The summed E-state index contributed by atoms with van der Waals surface area (Å²) in [7, 11) is 0. The number of benzene rings is 5. The molecule has 0 amide bonds. The highest BCUT2D eigenvalue weighted by Gasteiger charge is 2.18. The van der Waals surface area contributed by atoms with Gasteiger partial charge >= 0.3 is 0 Å². The number of aromatic nitrogens is 1. The second-order valence-corrected chi connectivity index (χ2v) is 7.86. The normalized spacial score (nSPS) is 11.4. The van der Waals surface area contributed by atoms with Gasteiger partial charge in [0.1, 0.15) is 0 Å². The van der Waals surface area contributed by atoms with Gasteiger partial charge in [-0.2, -0.15) is 0 Å². The van der Waals surface area contributed by atoms with Crippen molar-refractivity contribution in [3.05, 3.63) is 119 Å². The first kappa shape index (κ1) is 18.3. The Morgan fingerprint density at radius 2 is 1.41 bits per heavy atom. The maximum Gasteiger partial charge on any atom is 0.277 e. The van der Waals surface area contributed by atoms with Gasteiger partial charge in [0, 0.05) is 27.9 Å². The zero-order valence-corrected chi connectivity index (χ0v) is 17.1. The Hall–Kier alpha value is -4.44. The minimum absolute atomic E-state index is 0.115. The van der Waals surface area contributed by atoms with Crippen LogP contribution in [0, 0.1) is 10.1 Å². The number of hydrogen-bond acceptors (Lipinski definition) is 2. The molecule has 32 heavy (non-hydrogen) atoms. The Morgan fingerprint density at radius 1 is 0.656 bits per heavy atom. The summed E-state index contributed by atoms with van der Waals surface area (Å²) in [5.41, 5.74) is 4.88. The summed E-state index contributed by atoms with van der Waals surface area (Å²) in [6.45, 7) is 0. The standard InChI is InChI=1S/C28H18N2O2/c31-30(32)27-13-7-6-11-22(27)20-15-17-26-25(18-20)24-16-14-19-8-4-5-12-23(19)28(24)29(26)21-9-2-1-3-10-21/h1-18H. The molecule has 4 nitrogen and oxygen atoms in total. The monoisotopic (exact) mass is 414 g/mol. The third-order valence-electron chi connectivity index (χ3n) is 6.08. The second kappa shape index (κ2) is 7.06. The summed E-state index contributed by atoms with van der Waals surface area (Å²) in [5.74, 6) is 0. The van der Waals surface area contributed by atoms with E-state index in [1.165, 1.54) is 10.8 Å². The van der Waals surface area contributed by atoms with Crippen LogP contribution in [-0.4, -0.2) is 9.49 Å². The molecule has 1 aromatic heterocycles. The summed E-state index contributed by atoms with van der Waals surface area (Å²) in [6.07, 6.45) is 0. The molecular weight excluding hydrogens is 396 g/mol. The lowest BCUT2D eigenvalue weighted by molar-refractivity contribution is -0.384. The molecule has 0 saturated carbocycles. The van der Waals surface area contributed by atoms with Gasteiger partial charge in [0.25, 0.3) is 5.69 Å². The molecule has 0 spiro atoms. The SMILES string of the molecule is O=[N+]([O-])c1ccccc1-c1ccc2c(c1)c1ccc3ccccc3c1n2-c1ccccc1. The lowest BCUT2D eigenvalue weighted by Crippen LogP contribution is -1.94. The average molecular weight is 414 g/mol. The van der Waals surface area contributed by atoms with Crippen LogP contribution in [0.3, 0.4) is 0 Å². The smallest absolute Gasteiger partial charge is 0.277 e. The molecule has 4 heteroatoms. The third kappa shape index (κ3) is 2.70. The summed E-state index contributed by atoms with van der Waals surface area (Å²) in [4.78, 5) is 11.3. The molecule has 6 aromatic rings. The molecule has 0 aliphatic heterocycles. The van der Waals surface area contributed by atoms with Gasteiger partial charge in [0.15, 0.2) is 0 Å². The Labute approximate surface area is 184 Å². The van der Waals surface area contributed by atoms with E-state index in [9.17, 15) is 10.1 Å². The van der Waals surface area contributed by atoms with Crippen molar-refractivity contribution in [3.63, 3.8) is 0 Å². The van der Waals surface area contributed by atoms with Gasteiger partial charge < -0.3 is 4.57 Å². The zero-order valence-electron chi connectivity index (χ0n) is 17.1. The number of rotatable bonds is 3. The van der Waals surface area contributed by atoms with Gasteiger partial charge in [-0.05, 0) is 41.3 Å². The fourth-order valence-electron chi connectivity index (χ4n) is 4.67. The van der Waals surface area contributed by atoms with Crippen molar-refractivity contribution < 1.29 is 4.92 Å². The summed E-state index contributed by atoms with van der Waals surface area (Å²) in [6, 6.07) is 36.0. The Balaban J connectivity index is 1.75. The van der Waals surface area contributed by atoms with Crippen molar-refractivity contribution in [2.24, 2.45) is 0 Å². The van der Waals surface area contributed by atoms with E-state index < -0.39 is 0 Å². The topological polar surface area (TPSA) is 48.1 Å². The predicted molar refractivity (Wildman–Crippen MR) is 130 cm³/mol. The fourth-order valence-corrected chi connectivity index (χ4v) is 4.67. The summed E-state index contributed by atoms with van der Waals surface area (Å²) < 4.78 is 2.29. The molecular formula is C28H18N2O2. The van der Waals surface area contributed by atoms with Crippen LogP contribution < -0.4 is 0 Å². The molecule has 0 bridgehead atoms. The molecule has 0 N–H and O–H groups in total. The van der Waals surface area contributed by atoms with Crippen molar-refractivity contribution in [2.75, 3.05) is 0 Å². The van der Waals surface area contributed by atoms with Crippen LogP contribution in [0.1, 0.15) is 0 Å². The van der Waals surface area contributed by atoms with E-state index in [0.29, 0.717) is 5.56 Å². The van der Waals surface area contributed by atoms with Crippen LogP contribution in [0.4, 0.5) is 5.69 Å². The number of nitro groups is 1. The van der Waals surface area contributed by atoms with Crippen molar-refractivity contribution in [1.82, 2.24) is 4.57 Å². The van der Waals surface area contributed by atoms with Crippen LogP contribution in [0.25, 0.3) is 49.4 Å². The van der Waals surface area contributed by atoms with Gasteiger partial charge in [-0.1, -0.05) is 72.8 Å². The minimum atomic E-state index is -0.319. The maximum absolute atomic E-state index is 11.6. The Kier molecular flexibility index (Phi) is 4.05. The first-order chi connectivity index (χ1) is 15.7. The molecule has 0 saturated heterocycles. The largest absolute Gasteiger partial charge is 0.309 e. The third-order valence-corrected chi connectivity index (χ3v) is 6.08. The van der Waals surface area contributed by atoms with Gasteiger partial charge in [0.05, 0.1) is 21.5 Å². The van der Waals surface area contributed by atoms with Gasteiger partial charge in [0.2, 0.25) is 0 Å². The van der Waals surface area contributed by atoms with E-state index in [0.717, 1.165) is 33.1 Å². The molecule has 1 heterocycles. The van der Waals surface area contributed by atoms with E-state index >= 15 is 0 Å². The van der Waals surface area contributed by atoms with E-state index in [2.05, 4.69) is 65.2 Å². The second-order valence-electron chi connectivity index (χ2n) is 7.86. The molecule has 152 valence electrons. The lowest BCUT2D eigenvalue weighted by Gasteiger charge is -2.10. The number of nitrogens with zero attached hydrogens (tertiary/aromatic N) is 2. The summed E-state index contributed by atoms with van der Waals surface area (Å²) in [5, 5.41) is 16.2. The minimum Gasteiger partial charge on any atom is -0.309 e. The number of para-hydroxylation sites is 2. The molecule has 0 radical (unpaired) electrons. The average Bonchev–Trinajstić information content (AvgIpc) is 3.18.